The number of hydrogen-bond donors (Lipinski definition) is 2. The van der Waals surface area contributed by atoms with Gasteiger partial charge >= 0.3 is 5.97 Å². The number of thiazole rings is 1. The largest absolute Gasteiger partial charge is 0.476 e. The molecule has 1 saturated carbocycles. The normalized spacial score (nSPS) is 27.2. The smallest absolute Gasteiger partial charge is 0.356 e. The van der Waals surface area contributed by atoms with Gasteiger partial charge in [0.15, 0.2) is 11.5 Å². The number of carbonyl (C=O) groups is 2. The Balaban J connectivity index is 2.38. The molecule has 0 saturated heterocycles. The van der Waals surface area contributed by atoms with Crippen LogP contribution in [-0.4, -0.2) is 21.8 Å². The number of hydrogen-bond acceptors (Lipinski definition) is 5. The number of aromatic nitrogens is 1. The van der Waals surface area contributed by atoms with Gasteiger partial charge in [-0.25, -0.2) is 9.78 Å². The topological polar surface area (TPSA) is 93.3 Å². The van der Waals surface area contributed by atoms with Crippen LogP contribution >= 0.6 is 11.3 Å². The van der Waals surface area contributed by atoms with Gasteiger partial charge in [0, 0.05) is 6.92 Å². The van der Waals surface area contributed by atoms with Gasteiger partial charge in [0.05, 0.1) is 5.54 Å². The lowest BCUT2D eigenvalue weighted by Gasteiger charge is -2.34. The predicted molar refractivity (Wildman–Crippen MR) is 72.6 cm³/mol. The molecule has 1 fully saturated rings. The van der Waals surface area contributed by atoms with Gasteiger partial charge < -0.3 is 10.8 Å². The molecule has 0 amide bonds. The third-order valence-electron chi connectivity index (χ3n) is 3.74. The van der Waals surface area contributed by atoms with Crippen LogP contribution < -0.4 is 5.73 Å². The minimum atomic E-state index is -1.17. The van der Waals surface area contributed by atoms with E-state index in [1.165, 1.54) is 6.92 Å². The summed E-state index contributed by atoms with van der Waals surface area (Å²) in [7, 11) is 0. The Hall–Kier alpha value is -1.27. The van der Waals surface area contributed by atoms with Gasteiger partial charge in [-0.05, 0) is 31.6 Å². The van der Waals surface area contributed by atoms with Crippen LogP contribution in [0, 0.1) is 5.92 Å². The lowest BCUT2D eigenvalue weighted by atomic mass is 9.78. The number of carboxylic acid groups (broad SMARTS) is 1. The summed E-state index contributed by atoms with van der Waals surface area (Å²) in [5.74, 6) is -0.794. The van der Waals surface area contributed by atoms with E-state index < -0.39 is 11.5 Å². The average Bonchev–Trinajstić information content (AvgIpc) is 2.79. The fourth-order valence-corrected chi connectivity index (χ4v) is 3.52. The summed E-state index contributed by atoms with van der Waals surface area (Å²) in [5, 5.41) is 9.69. The van der Waals surface area contributed by atoms with E-state index in [0.717, 1.165) is 37.0 Å². The highest BCUT2D eigenvalue weighted by Gasteiger charge is 2.36. The molecule has 1 aromatic heterocycles. The molecule has 104 valence electrons. The van der Waals surface area contributed by atoms with Gasteiger partial charge in [-0.3, -0.25) is 4.79 Å². The summed E-state index contributed by atoms with van der Waals surface area (Å²) >= 11 is 1.14. The molecule has 0 unspecified atom stereocenters. The van der Waals surface area contributed by atoms with Gasteiger partial charge in [-0.1, -0.05) is 6.92 Å². The first kappa shape index (κ1) is 14.1. The number of ketones is 1. The number of Topliss-reactive ketones (excluding diaryl/α,β-unsaturated/α-hetero) is 1. The molecule has 1 aliphatic carbocycles. The molecular formula is C13H18N2O3S. The van der Waals surface area contributed by atoms with Crippen molar-refractivity contribution in [1.29, 1.82) is 0 Å². The van der Waals surface area contributed by atoms with Crippen LogP contribution in [0.1, 0.15) is 64.7 Å². The molecule has 0 aromatic carbocycles. The van der Waals surface area contributed by atoms with Crippen LogP contribution in [0.5, 0.6) is 0 Å². The lowest BCUT2D eigenvalue weighted by Crippen LogP contribution is -2.40. The van der Waals surface area contributed by atoms with Gasteiger partial charge in [0.25, 0.3) is 0 Å². The average molecular weight is 282 g/mol. The van der Waals surface area contributed by atoms with E-state index in [4.69, 9.17) is 10.8 Å². The molecule has 0 aliphatic heterocycles. The highest BCUT2D eigenvalue weighted by molar-refractivity contribution is 7.14. The fraction of sp³-hybridized carbons (Fsp3) is 0.615. The second-order valence-electron chi connectivity index (χ2n) is 5.40. The van der Waals surface area contributed by atoms with Crippen LogP contribution in [-0.2, 0) is 5.54 Å². The monoisotopic (exact) mass is 282 g/mol. The zero-order chi connectivity index (χ0) is 14.2. The lowest BCUT2D eigenvalue weighted by molar-refractivity contribution is 0.0686. The molecule has 19 heavy (non-hydrogen) atoms. The van der Waals surface area contributed by atoms with Gasteiger partial charge in [0.1, 0.15) is 9.88 Å². The molecule has 0 bridgehead atoms. The SMILES string of the molecule is CC(=O)c1sc(C2(N)CCC(C)CC2)nc1C(=O)O. The van der Waals surface area contributed by atoms with Crippen LogP contribution in [0.2, 0.25) is 0 Å². The second-order valence-corrected chi connectivity index (χ2v) is 6.40. The summed E-state index contributed by atoms with van der Waals surface area (Å²) in [4.78, 5) is 26.9. The molecule has 1 aromatic rings. The number of carbonyl (C=O) groups excluding carboxylic acids is 1. The van der Waals surface area contributed by atoms with Crippen LogP contribution in [0.3, 0.4) is 0 Å². The minimum absolute atomic E-state index is 0.157. The Morgan fingerprint density at radius 1 is 1.42 bits per heavy atom. The van der Waals surface area contributed by atoms with Crippen molar-refractivity contribution in [3.8, 4) is 0 Å². The molecule has 0 spiro atoms. The Bertz CT molecular complexity index is 484. The first-order valence-corrected chi connectivity index (χ1v) is 7.19. The van der Waals surface area contributed by atoms with E-state index >= 15 is 0 Å². The van der Waals surface area contributed by atoms with Crippen molar-refractivity contribution < 1.29 is 14.7 Å². The number of nitrogens with zero attached hydrogens (tertiary/aromatic N) is 1. The molecule has 5 nitrogen and oxygen atoms in total. The highest BCUT2D eigenvalue weighted by atomic mass is 32.1. The summed E-state index contributed by atoms with van der Waals surface area (Å²) in [6, 6.07) is 0. The van der Waals surface area contributed by atoms with E-state index in [1.54, 1.807) is 0 Å². The molecule has 3 N–H and O–H groups in total. The standard InChI is InChI=1S/C13H18N2O3S/c1-7-3-5-13(14,6-4-7)12-15-9(11(17)18)10(19-12)8(2)16/h7H,3-6,14H2,1-2H3,(H,17,18). The van der Waals surface area contributed by atoms with E-state index in [1.807, 2.05) is 0 Å². The predicted octanol–water partition coefficient (Wildman–Crippen LogP) is 2.41. The second kappa shape index (κ2) is 5.02. The Morgan fingerprint density at radius 2 is 2.00 bits per heavy atom. The van der Waals surface area contributed by atoms with Crippen molar-refractivity contribution in [2.45, 2.75) is 45.1 Å². The molecule has 1 aliphatic rings. The third-order valence-corrected chi connectivity index (χ3v) is 5.12. The van der Waals surface area contributed by atoms with Crippen molar-refractivity contribution in [2.24, 2.45) is 11.7 Å². The van der Waals surface area contributed by atoms with Crippen molar-refractivity contribution >= 4 is 23.1 Å². The third kappa shape index (κ3) is 2.69. The molecule has 1 heterocycles. The van der Waals surface area contributed by atoms with Crippen LogP contribution in [0.4, 0.5) is 0 Å². The molecule has 6 heteroatoms. The van der Waals surface area contributed by atoms with E-state index in [9.17, 15) is 9.59 Å². The maximum Gasteiger partial charge on any atom is 0.356 e. The van der Waals surface area contributed by atoms with Crippen molar-refractivity contribution in [2.75, 3.05) is 0 Å². The quantitative estimate of drug-likeness (QED) is 0.830. The highest BCUT2D eigenvalue weighted by Crippen LogP contribution is 2.39. The molecular weight excluding hydrogens is 264 g/mol. The van der Waals surface area contributed by atoms with Crippen LogP contribution in [0.15, 0.2) is 0 Å². The van der Waals surface area contributed by atoms with Gasteiger partial charge in [0.2, 0.25) is 0 Å². The van der Waals surface area contributed by atoms with Gasteiger partial charge in [-0.2, -0.15) is 0 Å². The summed E-state index contributed by atoms with van der Waals surface area (Å²) < 4.78 is 0. The van der Waals surface area contributed by atoms with Crippen LogP contribution in [0.25, 0.3) is 0 Å². The van der Waals surface area contributed by atoms with E-state index in [0.29, 0.717) is 10.9 Å². The number of aromatic carboxylic acids is 1. The molecule has 2 rings (SSSR count). The summed E-state index contributed by atoms with van der Waals surface area (Å²) in [6.45, 7) is 3.54. The van der Waals surface area contributed by atoms with Crippen molar-refractivity contribution in [3.63, 3.8) is 0 Å². The zero-order valence-electron chi connectivity index (χ0n) is 11.1. The first-order chi connectivity index (χ1) is 8.83. The zero-order valence-corrected chi connectivity index (χ0v) is 11.9. The Kier molecular flexibility index (Phi) is 3.73. The van der Waals surface area contributed by atoms with E-state index in [-0.39, 0.29) is 16.4 Å². The minimum Gasteiger partial charge on any atom is -0.476 e. The maximum absolute atomic E-state index is 11.5. The molecule has 0 radical (unpaired) electrons. The first-order valence-electron chi connectivity index (χ1n) is 6.38. The number of nitrogens with two attached hydrogens (primary N) is 1. The number of rotatable bonds is 3. The van der Waals surface area contributed by atoms with Gasteiger partial charge in [-0.15, -0.1) is 11.3 Å². The van der Waals surface area contributed by atoms with Crippen molar-refractivity contribution in [3.05, 3.63) is 15.6 Å². The summed E-state index contributed by atoms with van der Waals surface area (Å²) in [6.07, 6.45) is 3.60. The van der Waals surface area contributed by atoms with Crippen molar-refractivity contribution in [1.82, 2.24) is 4.98 Å². The Morgan fingerprint density at radius 3 is 2.42 bits per heavy atom. The maximum atomic E-state index is 11.5. The fourth-order valence-electron chi connectivity index (χ4n) is 2.41. The van der Waals surface area contributed by atoms with E-state index in [2.05, 4.69) is 11.9 Å². The summed E-state index contributed by atoms with van der Waals surface area (Å²) in [5.41, 5.74) is 5.64. The number of carboxylic acids is 1. The molecule has 0 atom stereocenters. The Labute approximate surface area is 115 Å².